The number of ether oxygens (including phenoxy) is 1. The lowest BCUT2D eigenvalue weighted by atomic mass is 9.85. The van der Waals surface area contributed by atoms with Gasteiger partial charge in [-0.15, -0.1) is 0 Å². The van der Waals surface area contributed by atoms with Crippen molar-refractivity contribution >= 4 is 34.3 Å². The molecule has 3 atom stereocenters. The van der Waals surface area contributed by atoms with Gasteiger partial charge in [-0.3, -0.25) is 0 Å². The van der Waals surface area contributed by atoms with Crippen molar-refractivity contribution < 1.29 is 9.13 Å². The van der Waals surface area contributed by atoms with Crippen LogP contribution in [-0.4, -0.2) is 18.3 Å². The van der Waals surface area contributed by atoms with Gasteiger partial charge in [0.1, 0.15) is 11.6 Å². The summed E-state index contributed by atoms with van der Waals surface area (Å²) < 4.78 is 20.0. The van der Waals surface area contributed by atoms with Crippen molar-refractivity contribution in [2.75, 3.05) is 13.4 Å². The normalized spacial score (nSPS) is 19.4. The fraction of sp³-hybridized carbons (Fsp3) is 0.318. The molecule has 28 heavy (non-hydrogen) atoms. The van der Waals surface area contributed by atoms with Crippen LogP contribution >= 0.6 is 23.4 Å². The maximum absolute atomic E-state index is 14.4. The number of halogens is 2. The second-order valence-corrected chi connectivity index (χ2v) is 8.47. The highest BCUT2D eigenvalue weighted by molar-refractivity contribution is 7.97. The van der Waals surface area contributed by atoms with Gasteiger partial charge >= 0.3 is 0 Å². The average Bonchev–Trinajstić information content (AvgIpc) is 3.34. The van der Waals surface area contributed by atoms with Gasteiger partial charge in [-0.25, -0.2) is 4.39 Å². The van der Waals surface area contributed by atoms with Crippen LogP contribution in [0.2, 0.25) is 5.02 Å². The molecule has 1 heterocycles. The molecule has 6 heteroatoms. The van der Waals surface area contributed by atoms with Crippen LogP contribution in [-0.2, 0) is 5.75 Å². The van der Waals surface area contributed by atoms with Crippen molar-refractivity contribution in [2.45, 2.75) is 18.1 Å². The minimum Gasteiger partial charge on any atom is -0.496 e. The highest BCUT2D eigenvalue weighted by atomic mass is 35.5. The van der Waals surface area contributed by atoms with Gasteiger partial charge in [0, 0.05) is 39.4 Å². The molecule has 1 N–H and O–H groups in total. The third-order valence-electron chi connectivity index (χ3n) is 5.47. The smallest absolute Gasteiger partial charge is 0.124 e. The van der Waals surface area contributed by atoms with Gasteiger partial charge in [-0.05, 0) is 54.0 Å². The van der Waals surface area contributed by atoms with Crippen LogP contribution in [0.15, 0.2) is 36.5 Å². The maximum Gasteiger partial charge on any atom is 0.124 e. The van der Waals surface area contributed by atoms with E-state index in [0.717, 1.165) is 39.8 Å². The molecule has 1 aliphatic carbocycles. The average molecular weight is 415 g/mol. The van der Waals surface area contributed by atoms with Crippen LogP contribution in [0.1, 0.15) is 29.0 Å². The van der Waals surface area contributed by atoms with Gasteiger partial charge < -0.3 is 9.72 Å². The van der Waals surface area contributed by atoms with Crippen LogP contribution in [0, 0.1) is 29.0 Å². The highest BCUT2D eigenvalue weighted by Crippen LogP contribution is 2.54. The summed E-state index contributed by atoms with van der Waals surface area (Å²) in [6.45, 7) is 0. The summed E-state index contributed by atoms with van der Waals surface area (Å²) in [5, 5.41) is 10.9. The minimum absolute atomic E-state index is 0.00504. The molecule has 0 amide bonds. The summed E-state index contributed by atoms with van der Waals surface area (Å²) in [5.41, 5.74) is 3.88. The molecule has 1 fully saturated rings. The Labute approximate surface area is 172 Å². The summed E-state index contributed by atoms with van der Waals surface area (Å²) >= 11 is 7.82. The lowest BCUT2D eigenvalue weighted by Gasteiger charge is -2.20. The topological polar surface area (TPSA) is 48.8 Å². The van der Waals surface area contributed by atoms with E-state index in [-0.39, 0.29) is 23.6 Å². The van der Waals surface area contributed by atoms with Gasteiger partial charge in [0.05, 0.1) is 19.1 Å². The van der Waals surface area contributed by atoms with Crippen LogP contribution in [0.3, 0.4) is 0 Å². The molecule has 1 aliphatic rings. The van der Waals surface area contributed by atoms with E-state index in [1.165, 1.54) is 0 Å². The van der Waals surface area contributed by atoms with E-state index in [2.05, 4.69) is 11.1 Å². The van der Waals surface area contributed by atoms with Crippen LogP contribution < -0.4 is 4.74 Å². The predicted octanol–water partition coefficient (Wildman–Crippen LogP) is 6.12. The third kappa shape index (κ3) is 3.36. The zero-order valence-electron chi connectivity index (χ0n) is 15.6. The number of hydrogen-bond donors (Lipinski definition) is 1. The Hall–Kier alpha value is -2.16. The van der Waals surface area contributed by atoms with Crippen molar-refractivity contribution in [3.8, 4) is 11.8 Å². The van der Waals surface area contributed by atoms with E-state index in [9.17, 15) is 9.65 Å². The molecule has 0 bridgehead atoms. The number of thioether (sulfide) groups is 1. The summed E-state index contributed by atoms with van der Waals surface area (Å²) in [6.07, 6.45) is 4.79. The van der Waals surface area contributed by atoms with Crippen molar-refractivity contribution in [1.82, 2.24) is 4.98 Å². The first-order valence-electron chi connectivity index (χ1n) is 9.08. The number of hydrogen-bond acceptors (Lipinski definition) is 3. The number of rotatable bonds is 6. The van der Waals surface area contributed by atoms with E-state index in [0.29, 0.717) is 10.8 Å². The molecule has 144 valence electrons. The Morgan fingerprint density at radius 3 is 2.86 bits per heavy atom. The number of nitrogens with zero attached hydrogens (tertiary/aromatic N) is 1. The molecule has 0 spiro atoms. The first kappa shape index (κ1) is 19.2. The van der Waals surface area contributed by atoms with Gasteiger partial charge in [0.2, 0.25) is 0 Å². The van der Waals surface area contributed by atoms with E-state index in [1.54, 1.807) is 37.1 Å². The lowest BCUT2D eigenvalue weighted by Crippen LogP contribution is -2.07. The zero-order chi connectivity index (χ0) is 19.8. The molecule has 1 aromatic heterocycles. The fourth-order valence-corrected chi connectivity index (χ4v) is 4.82. The molecule has 0 saturated heterocycles. The molecule has 1 saturated carbocycles. The lowest BCUT2D eigenvalue weighted by molar-refractivity contribution is 0.405. The second-order valence-electron chi connectivity index (χ2n) is 7.16. The van der Waals surface area contributed by atoms with Gasteiger partial charge in [-0.1, -0.05) is 17.7 Å². The first-order chi connectivity index (χ1) is 13.6. The summed E-state index contributed by atoms with van der Waals surface area (Å²) in [5.74, 6) is 1.28. The molecule has 3 aromatic rings. The van der Waals surface area contributed by atoms with Crippen molar-refractivity contribution in [3.05, 3.63) is 64.1 Å². The Kier molecular flexibility index (Phi) is 5.27. The van der Waals surface area contributed by atoms with E-state index in [4.69, 9.17) is 16.3 Å². The molecule has 0 aliphatic heterocycles. The molecule has 4 rings (SSSR count). The first-order valence-corrected chi connectivity index (χ1v) is 10.9. The minimum atomic E-state index is -0.244. The summed E-state index contributed by atoms with van der Waals surface area (Å²) in [7, 11) is 1.62. The SMILES string of the molecule is COc1cc(Cl)ccc1C(c1c[nH]c2c(CSC)cc(F)cc12)C1CC1C#N. The monoisotopic (exact) mass is 414 g/mol. The number of aromatic nitrogens is 1. The molecule has 0 radical (unpaired) electrons. The summed E-state index contributed by atoms with van der Waals surface area (Å²) in [4.78, 5) is 3.35. The van der Waals surface area contributed by atoms with Crippen LogP contribution in [0.4, 0.5) is 4.39 Å². The highest BCUT2D eigenvalue weighted by Gasteiger charge is 2.46. The maximum atomic E-state index is 14.4. The number of fused-ring (bicyclic) bond motifs is 1. The number of aromatic amines is 1. The van der Waals surface area contributed by atoms with E-state index >= 15 is 0 Å². The van der Waals surface area contributed by atoms with Crippen molar-refractivity contribution in [2.24, 2.45) is 11.8 Å². The Bertz CT molecular complexity index is 1070. The molecule has 3 nitrogen and oxygen atoms in total. The van der Waals surface area contributed by atoms with E-state index in [1.807, 2.05) is 24.6 Å². The number of benzene rings is 2. The van der Waals surface area contributed by atoms with Crippen molar-refractivity contribution in [1.29, 1.82) is 5.26 Å². The number of nitrogens with one attached hydrogen (secondary N) is 1. The third-order valence-corrected chi connectivity index (χ3v) is 6.30. The fourth-order valence-electron chi connectivity index (χ4n) is 4.12. The zero-order valence-corrected chi connectivity index (χ0v) is 17.2. The standard InChI is InChI=1S/C22H20ClFN2OS/c1-27-20-7-14(23)3-4-16(20)21(17-6-12(17)9-25)19-10-26-22-13(11-28-2)5-15(24)8-18(19)22/h3-5,7-8,10,12,17,21,26H,6,11H2,1-2H3. The molecular formula is C22H20ClFN2OS. The molecule has 3 unspecified atom stereocenters. The Morgan fingerprint density at radius 1 is 1.36 bits per heavy atom. The number of nitriles is 1. The molecule has 2 aromatic carbocycles. The van der Waals surface area contributed by atoms with Gasteiger partial charge in [-0.2, -0.15) is 17.0 Å². The predicted molar refractivity (Wildman–Crippen MR) is 113 cm³/mol. The Balaban J connectivity index is 1.91. The molecular weight excluding hydrogens is 395 g/mol. The van der Waals surface area contributed by atoms with Gasteiger partial charge in [0.25, 0.3) is 0 Å². The Morgan fingerprint density at radius 2 is 2.18 bits per heavy atom. The quantitative estimate of drug-likeness (QED) is 0.528. The second kappa shape index (κ2) is 7.69. The largest absolute Gasteiger partial charge is 0.496 e. The number of methoxy groups -OCH3 is 1. The van der Waals surface area contributed by atoms with Crippen LogP contribution in [0.25, 0.3) is 10.9 Å². The van der Waals surface area contributed by atoms with Crippen LogP contribution in [0.5, 0.6) is 5.75 Å². The number of H-pyrrole nitrogens is 1. The van der Waals surface area contributed by atoms with E-state index < -0.39 is 0 Å². The summed E-state index contributed by atoms with van der Waals surface area (Å²) in [6, 6.07) is 11.2. The van der Waals surface area contributed by atoms with Gasteiger partial charge in [0.15, 0.2) is 0 Å². The van der Waals surface area contributed by atoms with Crippen molar-refractivity contribution in [3.63, 3.8) is 0 Å².